The van der Waals surface area contributed by atoms with Crippen LogP contribution in [0.2, 0.25) is 0 Å². The molecule has 2 aromatic carbocycles. The first-order valence-corrected chi connectivity index (χ1v) is 15.2. The van der Waals surface area contributed by atoms with Crippen LogP contribution >= 0.6 is 0 Å². The van der Waals surface area contributed by atoms with Gasteiger partial charge in [-0.25, -0.2) is 0 Å². The Kier molecular flexibility index (Phi) is 10.2. The molecular weight excluding hydrogens is 526 g/mol. The molecule has 3 N–H and O–H groups in total. The summed E-state index contributed by atoms with van der Waals surface area (Å²) in [6, 6.07) is 22.1. The van der Waals surface area contributed by atoms with Crippen molar-refractivity contribution in [1.29, 1.82) is 0 Å². The number of pyridine rings is 1. The maximum absolute atomic E-state index is 13.9. The lowest BCUT2D eigenvalue weighted by molar-refractivity contribution is -0.128. The Morgan fingerprint density at radius 3 is 2.43 bits per heavy atom. The summed E-state index contributed by atoms with van der Waals surface area (Å²) < 4.78 is 5.37. The second-order valence-electron chi connectivity index (χ2n) is 11.6. The number of rotatable bonds is 10. The Hall–Kier alpha value is -3.75. The van der Waals surface area contributed by atoms with Crippen molar-refractivity contribution >= 4 is 11.8 Å². The van der Waals surface area contributed by atoms with E-state index in [0.717, 1.165) is 57.4 Å². The summed E-state index contributed by atoms with van der Waals surface area (Å²) in [6.45, 7) is 2.12. The number of benzene rings is 2. The maximum Gasteiger partial charge on any atom is 0.256 e. The van der Waals surface area contributed by atoms with Gasteiger partial charge >= 0.3 is 0 Å². The average molecular weight is 570 g/mol. The first kappa shape index (κ1) is 29.7. The molecule has 3 aromatic rings. The predicted octanol–water partition coefficient (Wildman–Crippen LogP) is 4.19. The van der Waals surface area contributed by atoms with E-state index < -0.39 is 6.04 Å². The van der Waals surface area contributed by atoms with E-state index in [-0.39, 0.29) is 29.9 Å². The third-order valence-corrected chi connectivity index (χ3v) is 8.76. The van der Waals surface area contributed by atoms with E-state index in [1.165, 1.54) is 11.1 Å². The molecule has 5 rings (SSSR count). The van der Waals surface area contributed by atoms with Gasteiger partial charge in [0.25, 0.3) is 5.91 Å². The second kappa shape index (κ2) is 14.4. The topological polar surface area (TPSA) is 101 Å². The van der Waals surface area contributed by atoms with E-state index in [2.05, 4.69) is 51.6 Å². The van der Waals surface area contributed by atoms with Crippen LogP contribution in [0.25, 0.3) is 0 Å². The fraction of sp³-hybridized carbons (Fsp3) is 0.441. The Morgan fingerprint density at radius 2 is 1.74 bits per heavy atom. The molecule has 1 aliphatic carbocycles. The van der Waals surface area contributed by atoms with Crippen LogP contribution < -0.4 is 15.8 Å². The third kappa shape index (κ3) is 7.75. The number of hydrogen-bond acceptors (Lipinski definition) is 6. The van der Waals surface area contributed by atoms with Crippen LogP contribution in [0.15, 0.2) is 79.1 Å². The van der Waals surface area contributed by atoms with Gasteiger partial charge < -0.3 is 20.7 Å². The van der Waals surface area contributed by atoms with Crippen molar-refractivity contribution < 1.29 is 14.3 Å². The molecule has 42 heavy (non-hydrogen) atoms. The van der Waals surface area contributed by atoms with Gasteiger partial charge in [-0.3, -0.25) is 19.5 Å². The number of nitrogens with two attached hydrogens (primary N) is 1. The van der Waals surface area contributed by atoms with Crippen LogP contribution in [0, 0.1) is 0 Å². The maximum atomic E-state index is 13.9. The van der Waals surface area contributed by atoms with E-state index in [9.17, 15) is 9.59 Å². The Bertz CT molecular complexity index is 1280. The number of hydrogen-bond donors (Lipinski definition) is 2. The molecule has 2 atom stereocenters. The monoisotopic (exact) mass is 569 g/mol. The molecule has 8 nitrogen and oxygen atoms in total. The molecule has 1 saturated heterocycles. The predicted molar refractivity (Wildman–Crippen MR) is 164 cm³/mol. The number of carbonyl (C=O) groups excluding carboxylic acids is 2. The van der Waals surface area contributed by atoms with Crippen LogP contribution in [0.3, 0.4) is 0 Å². The number of nitrogens with one attached hydrogen (secondary N) is 1. The summed E-state index contributed by atoms with van der Waals surface area (Å²) in [5, 5.41) is 3.29. The first-order valence-electron chi connectivity index (χ1n) is 15.2. The van der Waals surface area contributed by atoms with Crippen LogP contribution in [0.5, 0.6) is 5.75 Å². The molecular formula is C34H43N5O3. The van der Waals surface area contributed by atoms with Crippen LogP contribution in [0.4, 0.5) is 0 Å². The largest absolute Gasteiger partial charge is 0.497 e. The summed E-state index contributed by atoms with van der Waals surface area (Å²) in [7, 11) is 1.68. The minimum atomic E-state index is -0.554. The molecule has 2 heterocycles. The van der Waals surface area contributed by atoms with Crippen LogP contribution in [-0.2, 0) is 17.8 Å². The van der Waals surface area contributed by atoms with Gasteiger partial charge in [0.1, 0.15) is 11.8 Å². The van der Waals surface area contributed by atoms with Gasteiger partial charge in [-0.15, -0.1) is 0 Å². The summed E-state index contributed by atoms with van der Waals surface area (Å²) in [4.78, 5) is 35.9. The molecule has 1 unspecified atom stereocenters. The minimum Gasteiger partial charge on any atom is -0.497 e. The molecule has 1 saturated carbocycles. The highest BCUT2D eigenvalue weighted by Gasteiger charge is 2.39. The summed E-state index contributed by atoms with van der Waals surface area (Å²) in [5.41, 5.74) is 9.10. The summed E-state index contributed by atoms with van der Waals surface area (Å²) in [5.74, 6) is 0.625. The van der Waals surface area contributed by atoms with Crippen molar-refractivity contribution in [2.75, 3.05) is 20.2 Å². The standard InChI is InChI=1S/C34H43N5O3/c1-42-31-15-9-26(10-16-31)24-38(20-17-25-6-3-2-4-7-25)30-18-21-39(34(41)27-8-5-19-36-23-27)32(22-30)33(40)37-29-13-11-28(35)12-14-29/h2-10,15-16,19,23,28-30,32H,11-14,17-18,20-22,24,35H2,1H3,(H,37,40)/t28?,29?,30?,32-/m1/s1. The van der Waals surface area contributed by atoms with Crippen molar-refractivity contribution in [2.45, 2.75) is 75.7 Å². The van der Waals surface area contributed by atoms with Gasteiger partial charge in [0, 0.05) is 50.2 Å². The lowest BCUT2D eigenvalue weighted by atomic mass is 9.90. The lowest BCUT2D eigenvalue weighted by Gasteiger charge is -2.43. The van der Waals surface area contributed by atoms with E-state index in [1.54, 1.807) is 36.5 Å². The van der Waals surface area contributed by atoms with Crippen molar-refractivity contribution in [3.8, 4) is 5.75 Å². The number of aromatic nitrogens is 1. The fourth-order valence-electron chi connectivity index (χ4n) is 6.26. The van der Waals surface area contributed by atoms with E-state index in [0.29, 0.717) is 18.5 Å². The minimum absolute atomic E-state index is 0.0649. The normalized spacial score (nSPS) is 22.5. The Labute approximate surface area is 249 Å². The van der Waals surface area contributed by atoms with Gasteiger partial charge in [-0.05, 0) is 80.3 Å². The molecule has 1 aromatic heterocycles. The number of amides is 2. The first-order chi connectivity index (χ1) is 20.5. The summed E-state index contributed by atoms with van der Waals surface area (Å²) >= 11 is 0. The zero-order valence-corrected chi connectivity index (χ0v) is 24.5. The van der Waals surface area contributed by atoms with Crippen LogP contribution in [-0.4, -0.2) is 71.0 Å². The molecule has 0 bridgehead atoms. The van der Waals surface area contributed by atoms with Gasteiger partial charge in [0.2, 0.25) is 5.91 Å². The van der Waals surface area contributed by atoms with Crippen LogP contribution in [0.1, 0.15) is 60.0 Å². The van der Waals surface area contributed by atoms with E-state index in [4.69, 9.17) is 10.5 Å². The number of ether oxygens (including phenoxy) is 1. The molecule has 0 radical (unpaired) electrons. The highest BCUT2D eigenvalue weighted by atomic mass is 16.5. The molecule has 8 heteroatoms. The molecule has 1 aliphatic heterocycles. The van der Waals surface area contributed by atoms with Gasteiger partial charge in [0.15, 0.2) is 0 Å². The van der Waals surface area contributed by atoms with Crippen molar-refractivity contribution in [2.24, 2.45) is 5.73 Å². The van der Waals surface area contributed by atoms with Gasteiger partial charge in [-0.2, -0.15) is 0 Å². The molecule has 2 fully saturated rings. The zero-order chi connectivity index (χ0) is 29.3. The van der Waals surface area contributed by atoms with E-state index >= 15 is 0 Å². The summed E-state index contributed by atoms with van der Waals surface area (Å²) in [6.07, 6.45) is 9.09. The fourth-order valence-corrected chi connectivity index (χ4v) is 6.26. The lowest BCUT2D eigenvalue weighted by Crippen LogP contribution is -2.58. The smallest absolute Gasteiger partial charge is 0.256 e. The number of likely N-dealkylation sites (tertiary alicyclic amines) is 1. The Balaban J connectivity index is 1.36. The second-order valence-corrected chi connectivity index (χ2v) is 11.6. The third-order valence-electron chi connectivity index (χ3n) is 8.76. The zero-order valence-electron chi connectivity index (χ0n) is 24.5. The SMILES string of the molecule is COc1ccc(CN(CCc2ccccc2)C2CCN(C(=O)c3cccnc3)[C@@H](C(=O)NC3CCC(N)CC3)C2)cc1. The van der Waals surface area contributed by atoms with Crippen molar-refractivity contribution in [1.82, 2.24) is 20.1 Å². The highest BCUT2D eigenvalue weighted by molar-refractivity contribution is 5.97. The van der Waals surface area contributed by atoms with Crippen molar-refractivity contribution in [3.63, 3.8) is 0 Å². The Morgan fingerprint density at radius 1 is 0.976 bits per heavy atom. The molecule has 2 amide bonds. The molecule has 2 aliphatic rings. The highest BCUT2D eigenvalue weighted by Crippen LogP contribution is 2.27. The van der Waals surface area contributed by atoms with Crippen molar-refractivity contribution in [3.05, 3.63) is 95.8 Å². The van der Waals surface area contributed by atoms with Gasteiger partial charge in [0.05, 0.1) is 12.7 Å². The molecule has 0 spiro atoms. The number of methoxy groups -OCH3 is 1. The number of carbonyl (C=O) groups is 2. The number of piperidine rings is 1. The average Bonchev–Trinajstić information content (AvgIpc) is 3.04. The molecule has 222 valence electrons. The number of nitrogens with zero attached hydrogens (tertiary/aromatic N) is 3. The van der Waals surface area contributed by atoms with Gasteiger partial charge in [-0.1, -0.05) is 42.5 Å². The quantitative estimate of drug-likeness (QED) is 0.380. The van der Waals surface area contributed by atoms with E-state index in [1.807, 2.05) is 18.2 Å².